The van der Waals surface area contributed by atoms with E-state index in [0.717, 1.165) is 5.56 Å². The highest BCUT2D eigenvalue weighted by molar-refractivity contribution is 7.89. The predicted octanol–water partition coefficient (Wildman–Crippen LogP) is 3.08. The molecule has 0 saturated carbocycles. The van der Waals surface area contributed by atoms with Crippen molar-refractivity contribution >= 4 is 27.8 Å². The second-order valence-electron chi connectivity index (χ2n) is 8.46. The average molecular weight is 536 g/mol. The molecule has 0 aliphatic heterocycles. The molecule has 0 aliphatic rings. The summed E-state index contributed by atoms with van der Waals surface area (Å²) >= 11 is 0. The van der Waals surface area contributed by atoms with Gasteiger partial charge in [-0.1, -0.05) is 54.6 Å². The van der Waals surface area contributed by atoms with Crippen molar-refractivity contribution in [2.24, 2.45) is 5.14 Å². The van der Waals surface area contributed by atoms with Gasteiger partial charge in [-0.25, -0.2) is 13.6 Å². The van der Waals surface area contributed by atoms with E-state index in [4.69, 9.17) is 5.14 Å². The van der Waals surface area contributed by atoms with Gasteiger partial charge in [-0.15, -0.1) is 6.58 Å². The lowest BCUT2D eigenvalue weighted by molar-refractivity contribution is -0.137. The third-order valence-electron chi connectivity index (χ3n) is 5.83. The number of carboxylic acid groups (broad SMARTS) is 1. The van der Waals surface area contributed by atoms with Gasteiger partial charge in [0.05, 0.1) is 11.3 Å². The highest BCUT2D eigenvalue weighted by Gasteiger charge is 2.22. The van der Waals surface area contributed by atoms with Crippen LogP contribution in [-0.4, -0.2) is 55.8 Å². The summed E-state index contributed by atoms with van der Waals surface area (Å²) in [6.45, 7) is 4.06. The van der Waals surface area contributed by atoms with Crippen molar-refractivity contribution in [3.8, 4) is 11.1 Å². The fraction of sp³-hybridized carbons (Fsp3) is 0.179. The van der Waals surface area contributed by atoms with Gasteiger partial charge in [-0.05, 0) is 47.4 Å². The van der Waals surface area contributed by atoms with Crippen LogP contribution in [0.1, 0.15) is 32.7 Å². The Hall–Kier alpha value is -4.28. The molecular formula is C28H29N3O6S. The number of carbonyl (C=O) groups excluding carboxylic acids is 2. The molecule has 0 unspecified atom stereocenters. The molecule has 0 spiro atoms. The normalized spacial score (nSPS) is 11.0. The van der Waals surface area contributed by atoms with Crippen LogP contribution in [0.2, 0.25) is 0 Å². The van der Waals surface area contributed by atoms with Crippen LogP contribution in [0.5, 0.6) is 0 Å². The van der Waals surface area contributed by atoms with Crippen molar-refractivity contribution in [1.29, 1.82) is 0 Å². The van der Waals surface area contributed by atoms with Gasteiger partial charge < -0.3 is 15.3 Å². The SMILES string of the molecule is C=CCNC(=O)c1ccccc1-c1ccccc1C(=O)N(CCC(=O)O)CCc1ccc(S(N)(=O)=O)cc1. The van der Waals surface area contributed by atoms with Crippen molar-refractivity contribution < 1.29 is 27.9 Å². The van der Waals surface area contributed by atoms with Gasteiger partial charge in [0.2, 0.25) is 10.0 Å². The predicted molar refractivity (Wildman–Crippen MR) is 144 cm³/mol. The molecule has 3 aromatic carbocycles. The Bertz CT molecular complexity index is 1430. The van der Waals surface area contributed by atoms with E-state index < -0.39 is 16.0 Å². The Labute approximate surface area is 221 Å². The number of nitrogens with two attached hydrogens (primary N) is 1. The van der Waals surface area contributed by atoms with Gasteiger partial charge in [0, 0.05) is 30.8 Å². The zero-order valence-electron chi connectivity index (χ0n) is 20.7. The summed E-state index contributed by atoms with van der Waals surface area (Å²) in [5, 5.41) is 17.2. The fourth-order valence-corrected chi connectivity index (χ4v) is 4.42. The third kappa shape index (κ3) is 7.37. The van der Waals surface area contributed by atoms with Crippen LogP contribution in [0.25, 0.3) is 11.1 Å². The molecule has 0 aliphatic carbocycles. The number of rotatable bonds is 12. The molecular weight excluding hydrogens is 506 g/mol. The van der Waals surface area contributed by atoms with Gasteiger partial charge in [0.1, 0.15) is 0 Å². The summed E-state index contributed by atoms with van der Waals surface area (Å²) in [5.41, 5.74) is 2.57. The molecule has 0 bridgehead atoms. The first-order valence-electron chi connectivity index (χ1n) is 11.8. The molecule has 2 amide bonds. The third-order valence-corrected chi connectivity index (χ3v) is 6.76. The minimum Gasteiger partial charge on any atom is -0.481 e. The van der Waals surface area contributed by atoms with Crippen molar-refractivity contribution in [3.63, 3.8) is 0 Å². The zero-order chi connectivity index (χ0) is 27.7. The Morgan fingerprint density at radius 2 is 1.47 bits per heavy atom. The molecule has 0 fully saturated rings. The van der Waals surface area contributed by atoms with Crippen molar-refractivity contribution in [1.82, 2.24) is 10.2 Å². The fourth-order valence-electron chi connectivity index (χ4n) is 3.91. The Morgan fingerprint density at radius 1 is 0.895 bits per heavy atom. The maximum absolute atomic E-state index is 13.7. The first-order valence-corrected chi connectivity index (χ1v) is 13.4. The number of nitrogens with zero attached hydrogens (tertiary/aromatic N) is 1. The summed E-state index contributed by atoms with van der Waals surface area (Å²) in [5.74, 6) is -1.74. The smallest absolute Gasteiger partial charge is 0.305 e. The second-order valence-corrected chi connectivity index (χ2v) is 10.0. The first kappa shape index (κ1) is 28.3. The van der Waals surface area contributed by atoms with Crippen LogP contribution < -0.4 is 10.5 Å². The van der Waals surface area contributed by atoms with E-state index in [1.165, 1.54) is 17.0 Å². The van der Waals surface area contributed by atoms with E-state index in [1.807, 2.05) is 0 Å². The largest absolute Gasteiger partial charge is 0.481 e. The minimum atomic E-state index is -3.83. The van der Waals surface area contributed by atoms with E-state index in [9.17, 15) is 27.9 Å². The number of amides is 2. The summed E-state index contributed by atoms with van der Waals surface area (Å²) in [6.07, 6.45) is 1.68. The number of benzene rings is 3. The molecule has 0 heterocycles. The number of sulfonamides is 1. The summed E-state index contributed by atoms with van der Waals surface area (Å²) in [4.78, 5) is 39.2. The van der Waals surface area contributed by atoms with Crippen LogP contribution >= 0.6 is 0 Å². The number of hydrogen-bond acceptors (Lipinski definition) is 5. The van der Waals surface area contributed by atoms with Crippen LogP contribution in [0.15, 0.2) is 90.3 Å². The van der Waals surface area contributed by atoms with E-state index in [1.54, 1.807) is 66.7 Å². The standard InChI is InChI=1S/C28H29N3O6S/c1-2-17-30-27(34)24-9-5-3-7-22(24)23-8-4-6-10-25(23)28(35)31(19-16-26(32)33)18-15-20-11-13-21(14-12-20)38(29,36)37/h2-14H,1,15-19H2,(H,30,34)(H,32,33)(H2,29,36,37). The van der Waals surface area contributed by atoms with Crippen molar-refractivity contribution in [2.75, 3.05) is 19.6 Å². The lowest BCUT2D eigenvalue weighted by Gasteiger charge is -2.24. The van der Waals surface area contributed by atoms with Gasteiger partial charge in [0.25, 0.3) is 11.8 Å². The second kappa shape index (κ2) is 12.8. The molecule has 10 heteroatoms. The summed E-state index contributed by atoms with van der Waals surface area (Å²) in [7, 11) is -3.83. The monoisotopic (exact) mass is 535 g/mol. The first-order chi connectivity index (χ1) is 18.1. The maximum Gasteiger partial charge on any atom is 0.305 e. The van der Waals surface area contributed by atoms with E-state index in [0.29, 0.717) is 28.7 Å². The van der Waals surface area contributed by atoms with Crippen LogP contribution in [0.3, 0.4) is 0 Å². The molecule has 38 heavy (non-hydrogen) atoms. The zero-order valence-corrected chi connectivity index (χ0v) is 21.5. The molecule has 3 rings (SSSR count). The Kier molecular flexibility index (Phi) is 9.53. The molecule has 0 radical (unpaired) electrons. The highest BCUT2D eigenvalue weighted by Crippen LogP contribution is 2.28. The van der Waals surface area contributed by atoms with Crippen molar-refractivity contribution in [2.45, 2.75) is 17.7 Å². The Morgan fingerprint density at radius 3 is 2.05 bits per heavy atom. The van der Waals surface area contributed by atoms with E-state index in [2.05, 4.69) is 11.9 Å². The van der Waals surface area contributed by atoms with Gasteiger partial charge in [-0.3, -0.25) is 14.4 Å². The number of carbonyl (C=O) groups is 3. The number of primary sulfonamides is 1. The van der Waals surface area contributed by atoms with E-state index in [-0.39, 0.29) is 42.8 Å². The average Bonchev–Trinajstić information content (AvgIpc) is 2.91. The summed E-state index contributed by atoms with van der Waals surface area (Å²) < 4.78 is 23.0. The molecule has 9 nitrogen and oxygen atoms in total. The lowest BCUT2D eigenvalue weighted by atomic mass is 9.94. The van der Waals surface area contributed by atoms with Gasteiger partial charge in [-0.2, -0.15) is 0 Å². The van der Waals surface area contributed by atoms with Crippen LogP contribution in [0, 0.1) is 0 Å². The highest BCUT2D eigenvalue weighted by atomic mass is 32.2. The molecule has 0 atom stereocenters. The lowest BCUT2D eigenvalue weighted by Crippen LogP contribution is -2.35. The van der Waals surface area contributed by atoms with Crippen molar-refractivity contribution in [3.05, 3.63) is 102 Å². The number of nitrogens with one attached hydrogen (secondary N) is 1. The Balaban J connectivity index is 1.92. The quantitative estimate of drug-likeness (QED) is 0.304. The van der Waals surface area contributed by atoms with E-state index >= 15 is 0 Å². The molecule has 3 aromatic rings. The molecule has 0 aromatic heterocycles. The molecule has 198 valence electrons. The van der Waals surface area contributed by atoms with Gasteiger partial charge >= 0.3 is 5.97 Å². The topological polar surface area (TPSA) is 147 Å². The van der Waals surface area contributed by atoms with Crippen LogP contribution in [-0.2, 0) is 21.2 Å². The minimum absolute atomic E-state index is 0.0234. The number of hydrogen-bond donors (Lipinski definition) is 3. The molecule has 4 N–H and O–H groups in total. The maximum atomic E-state index is 13.7. The molecule has 0 saturated heterocycles. The summed E-state index contributed by atoms with van der Waals surface area (Å²) in [6, 6.07) is 19.8. The number of carboxylic acids is 1. The van der Waals surface area contributed by atoms with Crippen LogP contribution in [0.4, 0.5) is 0 Å². The number of aliphatic carboxylic acids is 1. The van der Waals surface area contributed by atoms with Gasteiger partial charge in [0.15, 0.2) is 0 Å².